The van der Waals surface area contributed by atoms with Crippen LogP contribution in [0.1, 0.15) is 28.8 Å². The second-order valence-corrected chi connectivity index (χ2v) is 4.68. The first kappa shape index (κ1) is 13.4. The molecule has 0 aliphatic carbocycles. The lowest BCUT2D eigenvalue weighted by Gasteiger charge is -2.15. The van der Waals surface area contributed by atoms with Gasteiger partial charge >= 0.3 is 5.97 Å². The SMILES string of the molecule is Cc1ccc(C(=O)OCC(=O)N2CCCC2)c(O)c1. The maximum absolute atomic E-state index is 11.7. The molecule has 0 aromatic heterocycles. The molecule has 1 saturated heterocycles. The molecule has 5 nitrogen and oxygen atoms in total. The van der Waals surface area contributed by atoms with Gasteiger partial charge in [-0.2, -0.15) is 0 Å². The van der Waals surface area contributed by atoms with Crippen molar-refractivity contribution in [2.75, 3.05) is 19.7 Å². The molecule has 102 valence electrons. The zero-order valence-corrected chi connectivity index (χ0v) is 10.9. The highest BCUT2D eigenvalue weighted by Crippen LogP contribution is 2.19. The number of benzene rings is 1. The van der Waals surface area contributed by atoms with Gasteiger partial charge in [0.15, 0.2) is 6.61 Å². The summed E-state index contributed by atoms with van der Waals surface area (Å²) in [5.41, 5.74) is 0.932. The Morgan fingerprint density at radius 2 is 2.00 bits per heavy atom. The summed E-state index contributed by atoms with van der Waals surface area (Å²) in [7, 11) is 0. The average molecular weight is 263 g/mol. The minimum Gasteiger partial charge on any atom is -0.507 e. The number of ether oxygens (including phenoxy) is 1. The molecule has 0 atom stereocenters. The fraction of sp³-hybridized carbons (Fsp3) is 0.429. The summed E-state index contributed by atoms with van der Waals surface area (Å²) in [6, 6.07) is 4.69. The van der Waals surface area contributed by atoms with E-state index in [4.69, 9.17) is 4.74 Å². The number of likely N-dealkylation sites (tertiary alicyclic amines) is 1. The zero-order valence-electron chi connectivity index (χ0n) is 10.9. The van der Waals surface area contributed by atoms with E-state index < -0.39 is 5.97 Å². The number of carbonyl (C=O) groups excluding carboxylic acids is 2. The van der Waals surface area contributed by atoms with Gasteiger partial charge in [0.25, 0.3) is 5.91 Å². The zero-order chi connectivity index (χ0) is 13.8. The Bertz CT molecular complexity index is 492. The molecule has 1 heterocycles. The molecular weight excluding hydrogens is 246 g/mol. The van der Waals surface area contributed by atoms with E-state index in [1.165, 1.54) is 12.1 Å². The fourth-order valence-electron chi connectivity index (χ4n) is 2.08. The number of carbonyl (C=O) groups is 2. The minimum absolute atomic E-state index is 0.0832. The van der Waals surface area contributed by atoms with E-state index in [-0.39, 0.29) is 23.8 Å². The summed E-state index contributed by atoms with van der Waals surface area (Å²) in [4.78, 5) is 25.1. The minimum atomic E-state index is -0.676. The maximum atomic E-state index is 11.7. The summed E-state index contributed by atoms with van der Waals surface area (Å²) in [5.74, 6) is -0.985. The topological polar surface area (TPSA) is 66.8 Å². The van der Waals surface area contributed by atoms with Crippen LogP contribution < -0.4 is 0 Å². The lowest BCUT2D eigenvalue weighted by atomic mass is 10.1. The van der Waals surface area contributed by atoms with Crippen molar-refractivity contribution in [2.45, 2.75) is 19.8 Å². The molecule has 1 aromatic carbocycles. The van der Waals surface area contributed by atoms with Crippen LogP contribution in [0.15, 0.2) is 18.2 Å². The molecule has 2 rings (SSSR count). The van der Waals surface area contributed by atoms with E-state index in [0.717, 1.165) is 31.5 Å². The molecule has 1 N–H and O–H groups in total. The van der Waals surface area contributed by atoms with Crippen LogP contribution in [0.5, 0.6) is 5.75 Å². The van der Waals surface area contributed by atoms with Gasteiger partial charge in [0.2, 0.25) is 0 Å². The van der Waals surface area contributed by atoms with Crippen LogP contribution in [-0.2, 0) is 9.53 Å². The number of hydrogen-bond donors (Lipinski definition) is 1. The molecule has 0 saturated carbocycles. The lowest BCUT2D eigenvalue weighted by Crippen LogP contribution is -2.32. The van der Waals surface area contributed by atoms with Crippen molar-refractivity contribution in [3.63, 3.8) is 0 Å². The van der Waals surface area contributed by atoms with E-state index in [1.54, 1.807) is 11.0 Å². The van der Waals surface area contributed by atoms with Gasteiger partial charge < -0.3 is 14.7 Å². The van der Waals surface area contributed by atoms with Crippen LogP contribution in [0.4, 0.5) is 0 Å². The number of phenolic OH excluding ortho intramolecular Hbond substituents is 1. The largest absolute Gasteiger partial charge is 0.507 e. The van der Waals surface area contributed by atoms with Crippen LogP contribution in [0.3, 0.4) is 0 Å². The van der Waals surface area contributed by atoms with Crippen molar-refractivity contribution in [1.29, 1.82) is 0 Å². The molecule has 5 heteroatoms. The Kier molecular flexibility index (Phi) is 4.04. The number of aryl methyl sites for hydroxylation is 1. The second kappa shape index (κ2) is 5.73. The van der Waals surface area contributed by atoms with Crippen LogP contribution in [0, 0.1) is 6.92 Å². The highest BCUT2D eigenvalue weighted by Gasteiger charge is 2.20. The van der Waals surface area contributed by atoms with Crippen molar-refractivity contribution in [3.8, 4) is 5.75 Å². The molecule has 1 aliphatic rings. The molecule has 1 fully saturated rings. The number of aromatic hydroxyl groups is 1. The van der Waals surface area contributed by atoms with Gasteiger partial charge in [-0.3, -0.25) is 4.79 Å². The summed E-state index contributed by atoms with van der Waals surface area (Å²) in [5, 5.41) is 9.64. The molecule has 19 heavy (non-hydrogen) atoms. The first-order valence-corrected chi connectivity index (χ1v) is 6.32. The van der Waals surface area contributed by atoms with E-state index in [1.807, 2.05) is 6.92 Å². The van der Waals surface area contributed by atoms with Crippen LogP contribution in [-0.4, -0.2) is 41.6 Å². The van der Waals surface area contributed by atoms with Crippen molar-refractivity contribution in [2.24, 2.45) is 0 Å². The van der Waals surface area contributed by atoms with Gasteiger partial charge in [-0.25, -0.2) is 4.79 Å². The van der Waals surface area contributed by atoms with Crippen LogP contribution >= 0.6 is 0 Å². The smallest absolute Gasteiger partial charge is 0.342 e. The third-order valence-corrected chi connectivity index (χ3v) is 3.16. The Labute approximate surface area is 111 Å². The molecule has 0 unspecified atom stereocenters. The quantitative estimate of drug-likeness (QED) is 0.839. The van der Waals surface area contributed by atoms with Gasteiger partial charge in [0.1, 0.15) is 11.3 Å². The first-order valence-electron chi connectivity index (χ1n) is 6.32. The number of amides is 1. The fourth-order valence-corrected chi connectivity index (χ4v) is 2.08. The third kappa shape index (κ3) is 3.24. The Morgan fingerprint density at radius 1 is 1.32 bits per heavy atom. The maximum Gasteiger partial charge on any atom is 0.342 e. The first-order chi connectivity index (χ1) is 9.08. The normalized spacial score (nSPS) is 14.5. The van der Waals surface area contributed by atoms with Crippen LogP contribution in [0.25, 0.3) is 0 Å². The molecule has 0 spiro atoms. The summed E-state index contributed by atoms with van der Waals surface area (Å²) >= 11 is 0. The van der Waals surface area contributed by atoms with Gasteiger partial charge in [-0.1, -0.05) is 6.07 Å². The number of rotatable bonds is 3. The molecule has 1 aliphatic heterocycles. The molecular formula is C14H17NO4. The van der Waals surface area contributed by atoms with Gasteiger partial charge in [0.05, 0.1) is 0 Å². The van der Waals surface area contributed by atoms with E-state index in [9.17, 15) is 14.7 Å². The summed E-state index contributed by atoms with van der Waals surface area (Å²) < 4.78 is 4.93. The van der Waals surface area contributed by atoms with Gasteiger partial charge in [-0.05, 0) is 37.5 Å². The Balaban J connectivity index is 1.92. The monoisotopic (exact) mass is 263 g/mol. The Morgan fingerprint density at radius 3 is 2.63 bits per heavy atom. The average Bonchev–Trinajstić information content (AvgIpc) is 2.89. The number of nitrogens with zero attached hydrogens (tertiary/aromatic N) is 1. The number of hydrogen-bond acceptors (Lipinski definition) is 4. The molecule has 0 radical (unpaired) electrons. The number of esters is 1. The molecule has 1 aromatic rings. The highest BCUT2D eigenvalue weighted by molar-refractivity contribution is 5.93. The van der Waals surface area contributed by atoms with E-state index in [2.05, 4.69) is 0 Å². The van der Waals surface area contributed by atoms with Crippen molar-refractivity contribution in [3.05, 3.63) is 29.3 Å². The van der Waals surface area contributed by atoms with Crippen molar-refractivity contribution < 1.29 is 19.4 Å². The summed E-state index contributed by atoms with van der Waals surface area (Å²) in [6.07, 6.45) is 2.00. The van der Waals surface area contributed by atoms with Crippen molar-refractivity contribution in [1.82, 2.24) is 4.90 Å². The van der Waals surface area contributed by atoms with E-state index >= 15 is 0 Å². The van der Waals surface area contributed by atoms with Gasteiger partial charge in [0, 0.05) is 13.1 Å². The van der Waals surface area contributed by atoms with Crippen molar-refractivity contribution >= 4 is 11.9 Å². The highest BCUT2D eigenvalue weighted by atomic mass is 16.5. The standard InChI is InChI=1S/C14H17NO4/c1-10-4-5-11(12(16)8-10)14(18)19-9-13(17)15-6-2-3-7-15/h4-5,8,16H,2-3,6-7,9H2,1H3. The third-order valence-electron chi connectivity index (χ3n) is 3.16. The van der Waals surface area contributed by atoms with Crippen LogP contribution in [0.2, 0.25) is 0 Å². The Hall–Kier alpha value is -2.04. The molecule has 0 bridgehead atoms. The molecule has 1 amide bonds. The summed E-state index contributed by atoms with van der Waals surface area (Å²) in [6.45, 7) is 3.00. The number of phenols is 1. The predicted octanol–water partition coefficient (Wildman–Crippen LogP) is 1.48. The van der Waals surface area contributed by atoms with E-state index in [0.29, 0.717) is 0 Å². The second-order valence-electron chi connectivity index (χ2n) is 4.68. The van der Waals surface area contributed by atoms with Gasteiger partial charge in [-0.15, -0.1) is 0 Å². The predicted molar refractivity (Wildman–Crippen MR) is 68.9 cm³/mol. The lowest BCUT2D eigenvalue weighted by molar-refractivity contribution is -0.133.